The van der Waals surface area contributed by atoms with E-state index in [2.05, 4.69) is 12.1 Å². The Morgan fingerprint density at radius 1 is 1.50 bits per heavy atom. The van der Waals surface area contributed by atoms with Gasteiger partial charge in [-0.15, -0.1) is 0 Å². The summed E-state index contributed by atoms with van der Waals surface area (Å²) in [6.07, 6.45) is 1.78. The Bertz CT molecular complexity index is 361. The van der Waals surface area contributed by atoms with Crippen molar-refractivity contribution < 1.29 is 9.84 Å². The zero-order valence-electron chi connectivity index (χ0n) is 9.65. The number of benzene rings is 1. The molecule has 0 radical (unpaired) electrons. The van der Waals surface area contributed by atoms with Crippen LogP contribution in [0.2, 0.25) is 0 Å². The van der Waals surface area contributed by atoms with Gasteiger partial charge in [0.2, 0.25) is 0 Å². The number of methoxy groups -OCH3 is 1. The van der Waals surface area contributed by atoms with Crippen molar-refractivity contribution in [3.63, 3.8) is 0 Å². The average Bonchev–Trinajstić information content (AvgIpc) is 3.10. The highest BCUT2D eigenvalue weighted by atomic mass is 16.5. The fourth-order valence-corrected chi connectivity index (χ4v) is 2.16. The maximum absolute atomic E-state index is 9.71. The van der Waals surface area contributed by atoms with Crippen LogP contribution in [0, 0.1) is 0 Å². The Labute approximate surface area is 96.2 Å². The first-order valence-electron chi connectivity index (χ1n) is 5.69. The lowest BCUT2D eigenvalue weighted by molar-refractivity contribution is 0.170. The van der Waals surface area contributed by atoms with Crippen LogP contribution in [0.4, 0.5) is 0 Å². The van der Waals surface area contributed by atoms with Crippen LogP contribution in [-0.2, 0) is 10.2 Å². The van der Waals surface area contributed by atoms with Crippen LogP contribution < -0.4 is 5.73 Å². The molecule has 1 aromatic carbocycles. The molecule has 1 aliphatic rings. The molecule has 1 atom stereocenters. The minimum atomic E-state index is -0.557. The lowest BCUT2D eigenvalue weighted by Gasteiger charge is -2.17. The summed E-state index contributed by atoms with van der Waals surface area (Å²) in [6, 6.07) is 8.07. The summed E-state index contributed by atoms with van der Waals surface area (Å²) in [5.41, 5.74) is 7.82. The highest BCUT2D eigenvalue weighted by Gasteiger charge is 2.44. The first-order chi connectivity index (χ1) is 7.72. The molecule has 0 saturated heterocycles. The predicted octanol–water partition coefficient (Wildman–Crippen LogP) is 1.36. The minimum absolute atomic E-state index is 0.194. The molecule has 0 aliphatic heterocycles. The van der Waals surface area contributed by atoms with Crippen LogP contribution in [0.3, 0.4) is 0 Å². The van der Waals surface area contributed by atoms with Crippen molar-refractivity contribution in [2.75, 3.05) is 20.3 Å². The Kier molecular flexibility index (Phi) is 3.28. The minimum Gasteiger partial charge on any atom is -0.387 e. The van der Waals surface area contributed by atoms with Gasteiger partial charge in [-0.1, -0.05) is 24.3 Å². The van der Waals surface area contributed by atoms with Crippen molar-refractivity contribution in [3.05, 3.63) is 35.4 Å². The van der Waals surface area contributed by atoms with E-state index in [1.807, 2.05) is 12.1 Å². The van der Waals surface area contributed by atoms with Crippen LogP contribution in [0.1, 0.15) is 30.1 Å². The molecule has 0 amide bonds. The number of aliphatic hydroxyl groups excluding tert-OH is 1. The molecule has 2 rings (SSSR count). The normalized spacial score (nSPS) is 19.4. The van der Waals surface area contributed by atoms with E-state index >= 15 is 0 Å². The Morgan fingerprint density at radius 2 is 2.25 bits per heavy atom. The van der Waals surface area contributed by atoms with Gasteiger partial charge in [0.25, 0.3) is 0 Å². The van der Waals surface area contributed by atoms with Crippen molar-refractivity contribution in [2.24, 2.45) is 5.73 Å². The largest absolute Gasteiger partial charge is 0.387 e. The Hall–Kier alpha value is -0.900. The van der Waals surface area contributed by atoms with E-state index in [0.717, 1.165) is 12.2 Å². The summed E-state index contributed by atoms with van der Waals surface area (Å²) in [6.45, 7) is 1.02. The fraction of sp³-hybridized carbons (Fsp3) is 0.538. The lowest BCUT2D eigenvalue weighted by Crippen LogP contribution is -2.16. The molecule has 0 heterocycles. The van der Waals surface area contributed by atoms with Crippen molar-refractivity contribution in [2.45, 2.75) is 24.4 Å². The topological polar surface area (TPSA) is 55.5 Å². The summed E-state index contributed by atoms with van der Waals surface area (Å²) < 4.78 is 5.26. The maximum atomic E-state index is 9.71. The van der Waals surface area contributed by atoms with Crippen molar-refractivity contribution in [1.29, 1.82) is 0 Å². The molecule has 0 bridgehead atoms. The number of hydrogen-bond donors (Lipinski definition) is 2. The van der Waals surface area contributed by atoms with Gasteiger partial charge < -0.3 is 15.6 Å². The summed E-state index contributed by atoms with van der Waals surface area (Å²) >= 11 is 0. The first kappa shape index (κ1) is 11.6. The molecule has 3 heteroatoms. The summed E-state index contributed by atoms with van der Waals surface area (Å²) in [5, 5.41) is 9.71. The molecule has 1 aliphatic carbocycles. The number of nitrogens with two attached hydrogens (primary N) is 1. The quantitative estimate of drug-likeness (QED) is 0.789. The molecule has 0 aromatic heterocycles. The smallest absolute Gasteiger partial charge is 0.0912 e. The molecule has 88 valence electrons. The second kappa shape index (κ2) is 4.53. The van der Waals surface area contributed by atoms with Crippen LogP contribution >= 0.6 is 0 Å². The second-order valence-corrected chi connectivity index (χ2v) is 4.59. The molecule has 1 unspecified atom stereocenters. The number of hydrogen-bond acceptors (Lipinski definition) is 3. The van der Waals surface area contributed by atoms with Crippen molar-refractivity contribution in [3.8, 4) is 0 Å². The highest BCUT2D eigenvalue weighted by molar-refractivity contribution is 5.35. The van der Waals surface area contributed by atoms with Crippen LogP contribution in [0.25, 0.3) is 0 Å². The number of ether oxygens (including phenoxy) is 1. The van der Waals surface area contributed by atoms with E-state index in [1.54, 1.807) is 7.11 Å². The molecule has 3 N–H and O–H groups in total. The van der Waals surface area contributed by atoms with Gasteiger partial charge in [-0.25, -0.2) is 0 Å². The van der Waals surface area contributed by atoms with E-state index < -0.39 is 6.10 Å². The van der Waals surface area contributed by atoms with E-state index in [4.69, 9.17) is 10.5 Å². The van der Waals surface area contributed by atoms with Crippen molar-refractivity contribution in [1.82, 2.24) is 0 Å². The van der Waals surface area contributed by atoms with Gasteiger partial charge in [0, 0.05) is 19.1 Å². The molecule has 3 nitrogen and oxygen atoms in total. The molecule has 16 heavy (non-hydrogen) atoms. The van der Waals surface area contributed by atoms with E-state index in [9.17, 15) is 5.11 Å². The molecular formula is C13H19NO2. The van der Waals surface area contributed by atoms with Crippen molar-refractivity contribution >= 4 is 0 Å². The third-order valence-electron chi connectivity index (χ3n) is 3.38. The van der Waals surface area contributed by atoms with Gasteiger partial charge in [0.05, 0.1) is 12.7 Å². The standard InChI is InChI=1S/C13H19NO2/c1-16-9-13(5-6-13)11-4-2-3-10(7-11)12(15)8-14/h2-4,7,12,15H,5-6,8-9,14H2,1H3. The van der Waals surface area contributed by atoms with Gasteiger partial charge in [-0.2, -0.15) is 0 Å². The Morgan fingerprint density at radius 3 is 2.81 bits per heavy atom. The van der Waals surface area contributed by atoms with Gasteiger partial charge in [-0.05, 0) is 24.0 Å². The van der Waals surface area contributed by atoms with E-state index in [-0.39, 0.29) is 12.0 Å². The Balaban J connectivity index is 2.22. The summed E-state index contributed by atoms with van der Waals surface area (Å²) in [5.74, 6) is 0. The number of rotatable bonds is 5. The zero-order valence-corrected chi connectivity index (χ0v) is 9.65. The van der Waals surface area contributed by atoms with Gasteiger partial charge in [-0.3, -0.25) is 0 Å². The second-order valence-electron chi connectivity index (χ2n) is 4.59. The first-order valence-corrected chi connectivity index (χ1v) is 5.69. The third-order valence-corrected chi connectivity index (χ3v) is 3.38. The third kappa shape index (κ3) is 2.12. The van der Waals surface area contributed by atoms with Gasteiger partial charge in [0.15, 0.2) is 0 Å². The summed E-state index contributed by atoms with van der Waals surface area (Å²) in [7, 11) is 1.73. The lowest BCUT2D eigenvalue weighted by atomic mass is 9.94. The average molecular weight is 221 g/mol. The van der Waals surface area contributed by atoms with E-state index in [0.29, 0.717) is 0 Å². The maximum Gasteiger partial charge on any atom is 0.0912 e. The van der Waals surface area contributed by atoms with Crippen LogP contribution in [0.5, 0.6) is 0 Å². The molecule has 1 fully saturated rings. The highest BCUT2D eigenvalue weighted by Crippen LogP contribution is 2.48. The summed E-state index contributed by atoms with van der Waals surface area (Å²) in [4.78, 5) is 0. The SMILES string of the molecule is COCC1(c2cccc(C(O)CN)c2)CC1. The molecule has 0 spiro atoms. The monoisotopic (exact) mass is 221 g/mol. The predicted molar refractivity (Wildman–Crippen MR) is 63.2 cm³/mol. The van der Waals surface area contributed by atoms with Crippen LogP contribution in [0.15, 0.2) is 24.3 Å². The molecule has 1 saturated carbocycles. The number of aliphatic hydroxyl groups is 1. The van der Waals surface area contributed by atoms with Gasteiger partial charge in [0.1, 0.15) is 0 Å². The zero-order chi connectivity index (χ0) is 11.6. The fourth-order valence-electron chi connectivity index (χ4n) is 2.16. The van der Waals surface area contributed by atoms with E-state index in [1.165, 1.54) is 18.4 Å². The molecule has 1 aromatic rings. The van der Waals surface area contributed by atoms with Gasteiger partial charge >= 0.3 is 0 Å². The van der Waals surface area contributed by atoms with Crippen LogP contribution in [-0.4, -0.2) is 25.4 Å². The molecular weight excluding hydrogens is 202 g/mol.